The lowest BCUT2D eigenvalue weighted by molar-refractivity contribution is 0.628. The van der Waals surface area contributed by atoms with Gasteiger partial charge in [-0.15, -0.1) is 0 Å². The number of nitrogens with one attached hydrogen (secondary N) is 2. The van der Waals surface area contributed by atoms with E-state index in [1.54, 1.807) is 18.2 Å². The molecule has 3 rings (SSSR count). The summed E-state index contributed by atoms with van der Waals surface area (Å²) in [7, 11) is 0. The monoisotopic (exact) mass is 271 g/mol. The highest BCUT2D eigenvalue weighted by atomic mass is 19.1. The van der Waals surface area contributed by atoms with Gasteiger partial charge in [0, 0.05) is 18.5 Å². The van der Waals surface area contributed by atoms with Crippen molar-refractivity contribution < 1.29 is 4.39 Å². The van der Waals surface area contributed by atoms with Crippen molar-refractivity contribution in [3.8, 4) is 0 Å². The first-order valence-electron chi connectivity index (χ1n) is 6.31. The first-order valence-corrected chi connectivity index (χ1v) is 6.31. The predicted octanol–water partition coefficient (Wildman–Crippen LogP) is 2.43. The fourth-order valence-corrected chi connectivity index (χ4v) is 2.05. The van der Waals surface area contributed by atoms with Crippen molar-refractivity contribution in [2.75, 3.05) is 23.0 Å². The van der Waals surface area contributed by atoms with Gasteiger partial charge in [-0.1, -0.05) is 0 Å². The molecule has 1 aromatic carbocycles. The number of fused-ring (bicyclic) bond motifs is 1. The van der Waals surface area contributed by atoms with Gasteiger partial charge in [0.15, 0.2) is 0 Å². The van der Waals surface area contributed by atoms with E-state index < -0.39 is 0 Å². The summed E-state index contributed by atoms with van der Waals surface area (Å²) in [6.45, 7) is 0.757. The minimum absolute atomic E-state index is 0.268. The molecule has 0 aliphatic carbocycles. The predicted molar refractivity (Wildman–Crippen MR) is 78.3 cm³/mol. The van der Waals surface area contributed by atoms with Crippen molar-refractivity contribution in [2.45, 2.75) is 6.42 Å². The highest BCUT2D eigenvalue weighted by Crippen LogP contribution is 2.21. The number of benzene rings is 1. The number of hydrogen-bond acceptors (Lipinski definition) is 5. The number of aromatic nitrogens is 1. The number of halogens is 1. The number of nitrogen functional groups attached to an aromatic ring is 1. The molecule has 0 spiro atoms. The molecule has 0 atom stereocenters. The molecular weight excluding hydrogens is 257 g/mol. The summed E-state index contributed by atoms with van der Waals surface area (Å²) in [4.78, 5) is 4.24. The van der Waals surface area contributed by atoms with Crippen LogP contribution >= 0.6 is 0 Å². The molecule has 1 aliphatic rings. The number of nitrogens with two attached hydrogens (primary N) is 1. The number of hydrazone groups is 1. The molecule has 6 heteroatoms. The Morgan fingerprint density at radius 1 is 1.20 bits per heavy atom. The first kappa shape index (κ1) is 12.4. The summed E-state index contributed by atoms with van der Waals surface area (Å²) in [5.41, 5.74) is 11.2. The van der Waals surface area contributed by atoms with E-state index in [4.69, 9.17) is 5.73 Å². The van der Waals surface area contributed by atoms with E-state index in [0.29, 0.717) is 5.82 Å². The quantitative estimate of drug-likeness (QED) is 0.733. The molecule has 0 saturated heterocycles. The van der Waals surface area contributed by atoms with E-state index in [9.17, 15) is 4.39 Å². The smallest absolute Gasteiger partial charge is 0.137 e. The third kappa shape index (κ3) is 2.54. The van der Waals surface area contributed by atoms with Crippen molar-refractivity contribution in [2.24, 2.45) is 5.10 Å². The van der Waals surface area contributed by atoms with Gasteiger partial charge in [0.1, 0.15) is 17.5 Å². The molecule has 20 heavy (non-hydrogen) atoms. The maximum atomic E-state index is 12.8. The Morgan fingerprint density at radius 2 is 2.00 bits per heavy atom. The third-order valence-corrected chi connectivity index (χ3v) is 3.05. The van der Waals surface area contributed by atoms with Gasteiger partial charge in [0.05, 0.1) is 11.4 Å². The van der Waals surface area contributed by atoms with Crippen LogP contribution in [0.4, 0.5) is 21.7 Å². The second-order valence-electron chi connectivity index (χ2n) is 4.49. The van der Waals surface area contributed by atoms with Gasteiger partial charge in [-0.2, -0.15) is 5.10 Å². The van der Waals surface area contributed by atoms with Crippen LogP contribution in [0.1, 0.15) is 12.0 Å². The average Bonchev–Trinajstić information content (AvgIpc) is 2.46. The Morgan fingerprint density at radius 3 is 2.80 bits per heavy atom. The van der Waals surface area contributed by atoms with Crippen LogP contribution in [0, 0.1) is 5.82 Å². The lowest BCUT2D eigenvalue weighted by Crippen LogP contribution is -2.21. The van der Waals surface area contributed by atoms with Crippen molar-refractivity contribution in [1.29, 1.82) is 0 Å². The van der Waals surface area contributed by atoms with Gasteiger partial charge in [0.25, 0.3) is 0 Å². The van der Waals surface area contributed by atoms with Crippen LogP contribution in [0.3, 0.4) is 0 Å². The molecule has 0 fully saturated rings. The lowest BCUT2D eigenvalue weighted by Gasteiger charge is -2.19. The Labute approximate surface area is 115 Å². The summed E-state index contributed by atoms with van der Waals surface area (Å²) in [6, 6.07) is 9.71. The van der Waals surface area contributed by atoms with E-state index >= 15 is 0 Å². The third-order valence-electron chi connectivity index (χ3n) is 3.05. The second-order valence-corrected chi connectivity index (χ2v) is 4.49. The topological polar surface area (TPSA) is 75.3 Å². The summed E-state index contributed by atoms with van der Waals surface area (Å²) < 4.78 is 12.8. The Balaban J connectivity index is 1.84. The molecule has 1 aliphatic heterocycles. The normalized spacial score (nSPS) is 15.6. The van der Waals surface area contributed by atoms with Crippen molar-refractivity contribution in [3.63, 3.8) is 0 Å². The average molecular weight is 271 g/mol. The van der Waals surface area contributed by atoms with Crippen LogP contribution in [-0.2, 0) is 0 Å². The summed E-state index contributed by atoms with van der Waals surface area (Å²) in [5, 5.41) is 7.57. The number of rotatable bonds is 2. The molecule has 0 radical (unpaired) electrons. The molecule has 0 unspecified atom stereocenters. The zero-order chi connectivity index (χ0) is 13.9. The minimum Gasteiger partial charge on any atom is -0.384 e. The zero-order valence-electron chi connectivity index (χ0n) is 10.7. The largest absolute Gasteiger partial charge is 0.384 e. The highest BCUT2D eigenvalue weighted by Gasteiger charge is 2.16. The van der Waals surface area contributed by atoms with Crippen molar-refractivity contribution >= 4 is 23.0 Å². The molecule has 102 valence electrons. The van der Waals surface area contributed by atoms with Crippen molar-refractivity contribution in [1.82, 2.24) is 4.98 Å². The van der Waals surface area contributed by atoms with Gasteiger partial charge in [0.2, 0.25) is 0 Å². The minimum atomic E-state index is -0.268. The van der Waals surface area contributed by atoms with Crippen LogP contribution in [0.15, 0.2) is 41.5 Å². The molecule has 4 N–H and O–H groups in total. The molecule has 0 bridgehead atoms. The van der Waals surface area contributed by atoms with E-state index in [1.807, 2.05) is 6.07 Å². The summed E-state index contributed by atoms with van der Waals surface area (Å²) in [6.07, 6.45) is 0.785. The fourth-order valence-electron chi connectivity index (χ4n) is 2.05. The second kappa shape index (κ2) is 5.16. The molecule has 5 nitrogen and oxygen atoms in total. The maximum absolute atomic E-state index is 12.8. The molecule has 2 aromatic rings. The van der Waals surface area contributed by atoms with Gasteiger partial charge < -0.3 is 11.1 Å². The SMILES string of the molecule is Nc1ccc2c(n1)NCCC2=NNc1ccc(F)cc1. The van der Waals surface area contributed by atoms with Crippen LogP contribution in [-0.4, -0.2) is 17.2 Å². The van der Waals surface area contributed by atoms with Crippen LogP contribution in [0.25, 0.3) is 0 Å². The molecule has 0 amide bonds. The van der Waals surface area contributed by atoms with E-state index in [2.05, 4.69) is 20.8 Å². The van der Waals surface area contributed by atoms with Crippen LogP contribution in [0.2, 0.25) is 0 Å². The fraction of sp³-hybridized carbons (Fsp3) is 0.143. The molecule has 1 aromatic heterocycles. The number of nitrogens with zero attached hydrogens (tertiary/aromatic N) is 2. The first-order chi connectivity index (χ1) is 9.72. The van der Waals surface area contributed by atoms with Gasteiger partial charge in [-0.25, -0.2) is 9.37 Å². The maximum Gasteiger partial charge on any atom is 0.137 e. The van der Waals surface area contributed by atoms with Gasteiger partial charge in [-0.05, 0) is 36.4 Å². The Hall–Kier alpha value is -2.63. The van der Waals surface area contributed by atoms with E-state index in [-0.39, 0.29) is 5.82 Å². The molecule has 2 heterocycles. The van der Waals surface area contributed by atoms with Gasteiger partial charge in [-0.3, -0.25) is 5.43 Å². The van der Waals surface area contributed by atoms with Crippen LogP contribution < -0.4 is 16.5 Å². The summed E-state index contributed by atoms with van der Waals surface area (Å²) >= 11 is 0. The highest BCUT2D eigenvalue weighted by molar-refractivity contribution is 6.06. The number of hydrogen-bond donors (Lipinski definition) is 3. The van der Waals surface area contributed by atoms with Crippen LogP contribution in [0.5, 0.6) is 0 Å². The Kier molecular flexibility index (Phi) is 3.20. The summed E-state index contributed by atoms with van der Waals surface area (Å²) in [5.74, 6) is 0.954. The molecule has 0 saturated carbocycles. The number of pyridine rings is 1. The number of anilines is 3. The lowest BCUT2D eigenvalue weighted by atomic mass is 10.1. The van der Waals surface area contributed by atoms with E-state index in [1.165, 1.54) is 12.1 Å². The van der Waals surface area contributed by atoms with E-state index in [0.717, 1.165) is 35.7 Å². The van der Waals surface area contributed by atoms with Gasteiger partial charge >= 0.3 is 0 Å². The van der Waals surface area contributed by atoms with Crippen molar-refractivity contribution in [3.05, 3.63) is 47.8 Å². The standard InChI is InChI=1S/C14H14FN5/c15-9-1-3-10(4-2-9)19-20-12-7-8-17-14-11(12)5-6-13(16)18-14/h1-6,19H,7-8H2,(H3,16,17,18). The zero-order valence-corrected chi connectivity index (χ0v) is 10.7. The molecular formula is C14H14FN5. The Bertz CT molecular complexity index is 651.